The first-order chi connectivity index (χ1) is 7.63. The number of aliphatic carboxylic acids is 1. The summed E-state index contributed by atoms with van der Waals surface area (Å²) < 4.78 is 5.07. The molecule has 88 valence electrons. The van der Waals surface area contributed by atoms with Crippen molar-refractivity contribution in [1.29, 1.82) is 0 Å². The van der Waals surface area contributed by atoms with Crippen LogP contribution in [-0.2, 0) is 11.2 Å². The van der Waals surface area contributed by atoms with Gasteiger partial charge in [-0.3, -0.25) is 4.79 Å². The Kier molecular flexibility index (Phi) is 4.83. The zero-order valence-electron chi connectivity index (χ0n) is 9.77. The van der Waals surface area contributed by atoms with Gasteiger partial charge in [-0.05, 0) is 37.0 Å². The fourth-order valence-corrected chi connectivity index (χ4v) is 1.53. The maximum absolute atomic E-state index is 10.6. The van der Waals surface area contributed by atoms with Crippen molar-refractivity contribution in [1.82, 2.24) is 0 Å². The van der Waals surface area contributed by atoms with Crippen molar-refractivity contribution in [3.63, 3.8) is 0 Å². The van der Waals surface area contributed by atoms with E-state index in [9.17, 15) is 4.79 Å². The summed E-state index contributed by atoms with van der Waals surface area (Å²) in [6, 6.07) is 7.89. The van der Waals surface area contributed by atoms with Crippen LogP contribution >= 0.6 is 0 Å². The number of methoxy groups -OCH3 is 1. The van der Waals surface area contributed by atoms with Crippen molar-refractivity contribution >= 4 is 5.97 Å². The van der Waals surface area contributed by atoms with Crippen LogP contribution in [0, 0.1) is 5.92 Å². The largest absolute Gasteiger partial charge is 0.497 e. The van der Waals surface area contributed by atoms with Crippen molar-refractivity contribution in [2.24, 2.45) is 5.92 Å². The summed E-state index contributed by atoms with van der Waals surface area (Å²) in [6.07, 6.45) is 2.54. The fraction of sp³-hybridized carbons (Fsp3) is 0.462. The molecule has 3 heteroatoms. The first-order valence-electron chi connectivity index (χ1n) is 5.49. The number of hydrogen-bond donors (Lipinski definition) is 1. The standard InChI is InChI=1S/C13H18O3/c1-10(13(14)15)4-3-5-11-6-8-12(16-2)9-7-11/h6-10H,3-5H2,1-2H3,(H,14,15). The molecule has 0 aliphatic carbocycles. The van der Waals surface area contributed by atoms with Gasteiger partial charge in [-0.15, -0.1) is 0 Å². The lowest BCUT2D eigenvalue weighted by Crippen LogP contribution is -2.09. The summed E-state index contributed by atoms with van der Waals surface area (Å²) in [4.78, 5) is 10.6. The van der Waals surface area contributed by atoms with Crippen LogP contribution in [0.1, 0.15) is 25.3 Å². The number of carbonyl (C=O) groups is 1. The maximum Gasteiger partial charge on any atom is 0.306 e. The Hall–Kier alpha value is -1.51. The highest BCUT2D eigenvalue weighted by Crippen LogP contribution is 2.14. The molecule has 1 aromatic rings. The molecule has 0 aliphatic heterocycles. The van der Waals surface area contributed by atoms with Gasteiger partial charge in [0.05, 0.1) is 13.0 Å². The molecule has 0 amide bonds. The molecule has 0 aromatic heterocycles. The number of carboxylic acids is 1. The minimum atomic E-state index is -0.713. The van der Waals surface area contributed by atoms with Gasteiger partial charge in [0.25, 0.3) is 0 Å². The third-order valence-electron chi connectivity index (χ3n) is 2.68. The number of ether oxygens (including phenoxy) is 1. The minimum Gasteiger partial charge on any atom is -0.497 e. The lowest BCUT2D eigenvalue weighted by atomic mass is 10.0. The quantitative estimate of drug-likeness (QED) is 0.805. The summed E-state index contributed by atoms with van der Waals surface area (Å²) in [5, 5.41) is 8.73. The SMILES string of the molecule is COc1ccc(CCCC(C)C(=O)O)cc1. The van der Waals surface area contributed by atoms with E-state index in [0.29, 0.717) is 0 Å². The van der Waals surface area contributed by atoms with Crippen LogP contribution in [0.4, 0.5) is 0 Å². The van der Waals surface area contributed by atoms with E-state index in [2.05, 4.69) is 0 Å². The highest BCUT2D eigenvalue weighted by atomic mass is 16.5. The number of benzene rings is 1. The molecule has 0 radical (unpaired) electrons. The summed E-state index contributed by atoms with van der Waals surface area (Å²) in [5.41, 5.74) is 1.22. The van der Waals surface area contributed by atoms with Gasteiger partial charge in [0.1, 0.15) is 5.75 Å². The topological polar surface area (TPSA) is 46.5 Å². The first-order valence-corrected chi connectivity index (χ1v) is 5.49. The van der Waals surface area contributed by atoms with Crippen LogP contribution in [0.15, 0.2) is 24.3 Å². The van der Waals surface area contributed by atoms with E-state index in [1.165, 1.54) is 5.56 Å². The monoisotopic (exact) mass is 222 g/mol. The second-order valence-electron chi connectivity index (χ2n) is 3.98. The van der Waals surface area contributed by atoms with Crippen LogP contribution in [0.3, 0.4) is 0 Å². The van der Waals surface area contributed by atoms with Crippen molar-refractivity contribution in [2.45, 2.75) is 26.2 Å². The molecule has 0 aliphatic rings. The van der Waals surface area contributed by atoms with Crippen molar-refractivity contribution < 1.29 is 14.6 Å². The van der Waals surface area contributed by atoms with Crippen molar-refractivity contribution in [2.75, 3.05) is 7.11 Å². The maximum atomic E-state index is 10.6. The molecule has 1 unspecified atom stereocenters. The molecule has 1 rings (SSSR count). The average Bonchev–Trinajstić information content (AvgIpc) is 2.29. The number of hydrogen-bond acceptors (Lipinski definition) is 2. The summed E-state index contributed by atoms with van der Waals surface area (Å²) in [5.74, 6) is -0.115. The molecule has 3 nitrogen and oxygen atoms in total. The van der Waals surface area contributed by atoms with E-state index in [1.54, 1.807) is 14.0 Å². The molecule has 1 N–H and O–H groups in total. The van der Waals surface area contributed by atoms with Crippen LogP contribution in [-0.4, -0.2) is 18.2 Å². The second kappa shape index (κ2) is 6.16. The van der Waals surface area contributed by atoms with Crippen molar-refractivity contribution in [3.8, 4) is 5.75 Å². The van der Waals surface area contributed by atoms with Gasteiger partial charge in [-0.1, -0.05) is 19.1 Å². The Labute approximate surface area is 96.1 Å². The molecule has 0 spiro atoms. The second-order valence-corrected chi connectivity index (χ2v) is 3.98. The van der Waals surface area contributed by atoms with Gasteiger partial charge < -0.3 is 9.84 Å². The van der Waals surface area contributed by atoms with Crippen molar-refractivity contribution in [3.05, 3.63) is 29.8 Å². The Morgan fingerprint density at radius 1 is 1.38 bits per heavy atom. The Balaban J connectivity index is 2.34. The highest BCUT2D eigenvalue weighted by Gasteiger charge is 2.09. The summed E-state index contributed by atoms with van der Waals surface area (Å²) in [6.45, 7) is 1.75. The third-order valence-corrected chi connectivity index (χ3v) is 2.68. The zero-order chi connectivity index (χ0) is 12.0. The normalized spacial score (nSPS) is 12.1. The molecule has 0 bridgehead atoms. The molecule has 0 saturated carbocycles. The first kappa shape index (κ1) is 12.6. The number of aryl methyl sites for hydroxylation is 1. The van der Waals surface area contributed by atoms with Crippen LogP contribution < -0.4 is 4.74 Å². The highest BCUT2D eigenvalue weighted by molar-refractivity contribution is 5.69. The smallest absolute Gasteiger partial charge is 0.306 e. The lowest BCUT2D eigenvalue weighted by Gasteiger charge is -2.06. The van der Waals surface area contributed by atoms with E-state index in [0.717, 1.165) is 25.0 Å². The van der Waals surface area contributed by atoms with Gasteiger partial charge in [-0.2, -0.15) is 0 Å². The molecule has 16 heavy (non-hydrogen) atoms. The Morgan fingerprint density at radius 3 is 2.50 bits per heavy atom. The summed E-state index contributed by atoms with van der Waals surface area (Å²) in [7, 11) is 1.64. The van der Waals surface area contributed by atoms with Crippen LogP contribution in [0.5, 0.6) is 5.75 Å². The molecular formula is C13H18O3. The number of rotatable bonds is 6. The van der Waals surface area contributed by atoms with E-state index in [-0.39, 0.29) is 5.92 Å². The fourth-order valence-electron chi connectivity index (χ4n) is 1.53. The van der Waals surface area contributed by atoms with E-state index in [1.807, 2.05) is 24.3 Å². The molecule has 0 heterocycles. The van der Waals surface area contributed by atoms with Crippen LogP contribution in [0.2, 0.25) is 0 Å². The minimum absolute atomic E-state index is 0.252. The molecule has 0 saturated heterocycles. The molecule has 0 fully saturated rings. The Bertz CT molecular complexity index is 330. The van der Waals surface area contributed by atoms with Gasteiger partial charge >= 0.3 is 5.97 Å². The molecular weight excluding hydrogens is 204 g/mol. The van der Waals surface area contributed by atoms with Crippen LogP contribution in [0.25, 0.3) is 0 Å². The zero-order valence-corrected chi connectivity index (χ0v) is 9.77. The lowest BCUT2D eigenvalue weighted by molar-refractivity contribution is -0.141. The summed E-state index contributed by atoms with van der Waals surface area (Å²) >= 11 is 0. The Morgan fingerprint density at radius 2 is 2.00 bits per heavy atom. The average molecular weight is 222 g/mol. The number of carboxylic acid groups (broad SMARTS) is 1. The molecule has 1 atom stereocenters. The van der Waals surface area contributed by atoms with Gasteiger partial charge in [0, 0.05) is 0 Å². The molecule has 1 aromatic carbocycles. The third kappa shape index (κ3) is 3.93. The van der Waals surface area contributed by atoms with E-state index < -0.39 is 5.97 Å². The van der Waals surface area contributed by atoms with Gasteiger partial charge in [0.15, 0.2) is 0 Å². The van der Waals surface area contributed by atoms with Gasteiger partial charge in [0.2, 0.25) is 0 Å². The predicted molar refractivity (Wildman–Crippen MR) is 62.7 cm³/mol. The van der Waals surface area contributed by atoms with E-state index in [4.69, 9.17) is 9.84 Å². The van der Waals surface area contributed by atoms with Gasteiger partial charge in [-0.25, -0.2) is 0 Å². The van der Waals surface area contributed by atoms with E-state index >= 15 is 0 Å². The predicted octanol–water partition coefficient (Wildman–Crippen LogP) is 2.74.